The van der Waals surface area contributed by atoms with Crippen molar-refractivity contribution < 1.29 is 13.5 Å². The Labute approximate surface area is 115 Å². The van der Waals surface area contributed by atoms with Gasteiger partial charge in [-0.25, -0.2) is 12.7 Å². The topological polar surface area (TPSA) is 57.6 Å². The lowest BCUT2D eigenvalue weighted by molar-refractivity contribution is 0.280. The normalized spacial score (nSPS) is 21.5. The van der Waals surface area contributed by atoms with Gasteiger partial charge in [0, 0.05) is 13.1 Å². The molecule has 5 heteroatoms. The fourth-order valence-electron chi connectivity index (χ4n) is 2.52. The van der Waals surface area contributed by atoms with Crippen LogP contribution in [0, 0.1) is 5.92 Å². The Morgan fingerprint density at radius 1 is 1.37 bits per heavy atom. The number of nitrogens with zero attached hydrogens (tertiary/aromatic N) is 1. The summed E-state index contributed by atoms with van der Waals surface area (Å²) in [5, 5.41) is 9.08. The second-order valence-corrected chi connectivity index (χ2v) is 7.31. The summed E-state index contributed by atoms with van der Waals surface area (Å²) in [4.78, 5) is 0. The van der Waals surface area contributed by atoms with E-state index in [1.807, 2.05) is 0 Å². The predicted molar refractivity (Wildman–Crippen MR) is 75.0 cm³/mol. The standard InChI is InChI=1S/C14H21NO3S/c1-12-4-3-7-15(9-12)19(17,18)11-14-6-2-5-13(8-14)10-16/h2,5-6,8,12,16H,3-4,7,9-11H2,1H3. The molecule has 0 saturated carbocycles. The molecule has 0 amide bonds. The quantitative estimate of drug-likeness (QED) is 0.915. The van der Waals surface area contributed by atoms with Crippen molar-refractivity contribution in [1.29, 1.82) is 0 Å². The zero-order valence-electron chi connectivity index (χ0n) is 11.2. The molecule has 0 radical (unpaired) electrons. The van der Waals surface area contributed by atoms with Crippen LogP contribution < -0.4 is 0 Å². The molecule has 106 valence electrons. The fraction of sp³-hybridized carbons (Fsp3) is 0.571. The third-order valence-corrected chi connectivity index (χ3v) is 5.35. The van der Waals surface area contributed by atoms with Gasteiger partial charge in [0.2, 0.25) is 10.0 Å². The van der Waals surface area contributed by atoms with Gasteiger partial charge in [-0.3, -0.25) is 0 Å². The van der Waals surface area contributed by atoms with E-state index < -0.39 is 10.0 Å². The monoisotopic (exact) mass is 283 g/mol. The van der Waals surface area contributed by atoms with Crippen molar-refractivity contribution in [2.45, 2.75) is 32.1 Å². The minimum absolute atomic E-state index is 0.0214. The zero-order chi connectivity index (χ0) is 13.9. The van der Waals surface area contributed by atoms with E-state index in [2.05, 4.69) is 6.92 Å². The van der Waals surface area contributed by atoms with E-state index in [4.69, 9.17) is 5.11 Å². The van der Waals surface area contributed by atoms with Crippen molar-refractivity contribution in [3.8, 4) is 0 Å². The molecular weight excluding hydrogens is 262 g/mol. The molecule has 1 saturated heterocycles. The van der Waals surface area contributed by atoms with E-state index in [0.29, 0.717) is 19.0 Å². The predicted octanol–water partition coefficient (Wildman–Crippen LogP) is 1.74. The molecule has 0 aliphatic carbocycles. The highest BCUT2D eigenvalue weighted by Gasteiger charge is 2.27. The van der Waals surface area contributed by atoms with Gasteiger partial charge in [0.15, 0.2) is 0 Å². The minimum Gasteiger partial charge on any atom is -0.392 e. The first-order valence-corrected chi connectivity index (χ1v) is 8.28. The maximum atomic E-state index is 12.4. The van der Waals surface area contributed by atoms with Gasteiger partial charge >= 0.3 is 0 Å². The molecule has 1 fully saturated rings. The van der Waals surface area contributed by atoms with Gasteiger partial charge in [-0.05, 0) is 29.9 Å². The van der Waals surface area contributed by atoms with Crippen LogP contribution in [0.4, 0.5) is 0 Å². The molecule has 1 heterocycles. The van der Waals surface area contributed by atoms with Crippen LogP contribution in [0.2, 0.25) is 0 Å². The molecule has 0 spiro atoms. The average Bonchev–Trinajstić information content (AvgIpc) is 2.38. The number of aliphatic hydroxyl groups excluding tert-OH is 1. The number of sulfonamides is 1. The van der Waals surface area contributed by atoms with E-state index in [1.165, 1.54) is 0 Å². The van der Waals surface area contributed by atoms with Gasteiger partial charge in [0.1, 0.15) is 0 Å². The summed E-state index contributed by atoms with van der Waals surface area (Å²) in [6, 6.07) is 7.13. The lowest BCUT2D eigenvalue weighted by Gasteiger charge is -2.30. The van der Waals surface area contributed by atoms with E-state index in [1.54, 1.807) is 28.6 Å². The summed E-state index contributed by atoms with van der Waals surface area (Å²) in [5.41, 5.74) is 1.49. The maximum Gasteiger partial charge on any atom is 0.218 e. The second kappa shape index (κ2) is 6.03. The molecule has 2 rings (SSSR count). The van der Waals surface area contributed by atoms with Gasteiger partial charge < -0.3 is 5.11 Å². The highest BCUT2D eigenvalue weighted by Crippen LogP contribution is 2.21. The fourth-order valence-corrected chi connectivity index (χ4v) is 4.19. The number of aliphatic hydroxyl groups is 1. The van der Waals surface area contributed by atoms with Crippen molar-refractivity contribution >= 4 is 10.0 Å². The van der Waals surface area contributed by atoms with E-state index in [9.17, 15) is 8.42 Å². The Morgan fingerprint density at radius 2 is 2.11 bits per heavy atom. The maximum absolute atomic E-state index is 12.4. The van der Waals surface area contributed by atoms with Crippen molar-refractivity contribution in [1.82, 2.24) is 4.31 Å². The Morgan fingerprint density at radius 3 is 2.79 bits per heavy atom. The SMILES string of the molecule is CC1CCCN(S(=O)(=O)Cc2cccc(CO)c2)C1. The van der Waals surface area contributed by atoms with Crippen molar-refractivity contribution in [2.75, 3.05) is 13.1 Å². The van der Waals surface area contributed by atoms with Crippen LogP contribution >= 0.6 is 0 Å². The lowest BCUT2D eigenvalue weighted by atomic mass is 10.0. The molecule has 1 atom stereocenters. The van der Waals surface area contributed by atoms with Crippen LogP contribution in [-0.4, -0.2) is 30.9 Å². The highest BCUT2D eigenvalue weighted by atomic mass is 32.2. The molecule has 1 unspecified atom stereocenters. The molecule has 1 aliphatic heterocycles. The number of piperidine rings is 1. The molecule has 1 aromatic carbocycles. The average molecular weight is 283 g/mol. The summed E-state index contributed by atoms with van der Waals surface area (Å²) >= 11 is 0. The molecule has 1 aliphatic rings. The van der Waals surface area contributed by atoms with Crippen molar-refractivity contribution in [3.63, 3.8) is 0 Å². The molecule has 0 aromatic heterocycles. The highest BCUT2D eigenvalue weighted by molar-refractivity contribution is 7.88. The molecular formula is C14H21NO3S. The van der Waals surface area contributed by atoms with Crippen LogP contribution in [-0.2, 0) is 22.4 Å². The number of hydrogen-bond acceptors (Lipinski definition) is 3. The Hall–Kier alpha value is -0.910. The van der Waals surface area contributed by atoms with Gasteiger partial charge in [0.25, 0.3) is 0 Å². The molecule has 19 heavy (non-hydrogen) atoms. The summed E-state index contributed by atoms with van der Waals surface area (Å²) < 4.78 is 26.3. The van der Waals surface area contributed by atoms with Crippen LogP contribution in [0.25, 0.3) is 0 Å². The summed E-state index contributed by atoms with van der Waals surface area (Å²) in [6.45, 7) is 3.29. The Kier molecular flexibility index (Phi) is 4.60. The van der Waals surface area contributed by atoms with Crippen molar-refractivity contribution in [2.24, 2.45) is 5.92 Å². The molecule has 0 bridgehead atoms. The van der Waals surface area contributed by atoms with E-state index >= 15 is 0 Å². The van der Waals surface area contributed by atoms with Crippen LogP contribution in [0.1, 0.15) is 30.9 Å². The molecule has 1 N–H and O–H groups in total. The minimum atomic E-state index is -3.24. The smallest absolute Gasteiger partial charge is 0.218 e. The number of hydrogen-bond donors (Lipinski definition) is 1. The summed E-state index contributed by atoms with van der Waals surface area (Å²) in [7, 11) is -3.24. The summed E-state index contributed by atoms with van der Waals surface area (Å²) in [5.74, 6) is 0.459. The van der Waals surface area contributed by atoms with E-state index in [0.717, 1.165) is 24.0 Å². The number of rotatable bonds is 4. The van der Waals surface area contributed by atoms with E-state index in [-0.39, 0.29) is 12.4 Å². The van der Waals surface area contributed by atoms with Gasteiger partial charge in [-0.1, -0.05) is 31.2 Å². The largest absolute Gasteiger partial charge is 0.392 e. The first kappa shape index (κ1) is 14.5. The third-order valence-electron chi connectivity index (χ3n) is 3.54. The molecule has 4 nitrogen and oxygen atoms in total. The zero-order valence-corrected chi connectivity index (χ0v) is 12.1. The van der Waals surface area contributed by atoms with Crippen LogP contribution in [0.5, 0.6) is 0 Å². The van der Waals surface area contributed by atoms with Crippen molar-refractivity contribution in [3.05, 3.63) is 35.4 Å². The third kappa shape index (κ3) is 3.78. The van der Waals surface area contributed by atoms with Gasteiger partial charge in [0.05, 0.1) is 12.4 Å². The number of benzene rings is 1. The molecule has 1 aromatic rings. The van der Waals surface area contributed by atoms with Crippen LogP contribution in [0.15, 0.2) is 24.3 Å². The Balaban J connectivity index is 2.11. The second-order valence-electron chi connectivity index (χ2n) is 5.34. The Bertz CT molecular complexity index is 527. The lowest BCUT2D eigenvalue weighted by Crippen LogP contribution is -2.39. The first-order chi connectivity index (χ1) is 9.01. The first-order valence-electron chi connectivity index (χ1n) is 6.68. The summed E-state index contributed by atoms with van der Waals surface area (Å²) in [6.07, 6.45) is 2.04. The van der Waals surface area contributed by atoms with Crippen LogP contribution in [0.3, 0.4) is 0 Å². The van der Waals surface area contributed by atoms with Gasteiger partial charge in [-0.2, -0.15) is 0 Å². The van der Waals surface area contributed by atoms with Gasteiger partial charge in [-0.15, -0.1) is 0 Å².